The normalized spacial score (nSPS) is 15.2. The van der Waals surface area contributed by atoms with Crippen LogP contribution in [-0.4, -0.2) is 35.7 Å². The first-order chi connectivity index (χ1) is 10.3. The molecule has 22 heavy (non-hydrogen) atoms. The van der Waals surface area contributed by atoms with Gasteiger partial charge >= 0.3 is 0 Å². The van der Waals surface area contributed by atoms with Crippen LogP contribution in [0.4, 0.5) is 0 Å². The molecule has 0 fully saturated rings. The summed E-state index contributed by atoms with van der Waals surface area (Å²) in [5, 5.41) is 2.93. The van der Waals surface area contributed by atoms with E-state index in [9.17, 15) is 14.4 Å². The fraction of sp³-hybridized carbons (Fsp3) is 0.471. The minimum Gasteiger partial charge on any atom is -0.350 e. The molecule has 0 saturated heterocycles. The van der Waals surface area contributed by atoms with Crippen LogP contribution in [0.1, 0.15) is 64.7 Å². The van der Waals surface area contributed by atoms with E-state index >= 15 is 0 Å². The lowest BCUT2D eigenvalue weighted by atomic mass is 10.0. The molecule has 1 aromatic carbocycles. The van der Waals surface area contributed by atoms with Crippen molar-refractivity contribution in [2.24, 2.45) is 5.92 Å². The van der Waals surface area contributed by atoms with E-state index in [1.54, 1.807) is 12.1 Å². The van der Waals surface area contributed by atoms with Crippen molar-refractivity contribution in [3.05, 3.63) is 34.9 Å². The lowest BCUT2D eigenvalue weighted by Crippen LogP contribution is -2.32. The SMILES string of the molecule is CC(C)CCC(C)NC(=O)c1ccc2c(c1)C(=O)N(C)C2=O. The molecule has 118 valence electrons. The van der Waals surface area contributed by atoms with Crippen molar-refractivity contribution >= 4 is 17.7 Å². The monoisotopic (exact) mass is 302 g/mol. The fourth-order valence-electron chi connectivity index (χ4n) is 2.47. The van der Waals surface area contributed by atoms with E-state index in [1.165, 1.54) is 13.1 Å². The van der Waals surface area contributed by atoms with E-state index in [0.29, 0.717) is 22.6 Å². The van der Waals surface area contributed by atoms with Gasteiger partial charge < -0.3 is 5.32 Å². The van der Waals surface area contributed by atoms with E-state index in [0.717, 1.165) is 17.7 Å². The number of nitrogens with one attached hydrogen (secondary N) is 1. The van der Waals surface area contributed by atoms with Gasteiger partial charge in [0.2, 0.25) is 0 Å². The Balaban J connectivity index is 2.10. The highest BCUT2D eigenvalue weighted by molar-refractivity contribution is 6.21. The number of carbonyl (C=O) groups excluding carboxylic acids is 3. The van der Waals surface area contributed by atoms with Gasteiger partial charge in [-0.3, -0.25) is 19.3 Å². The summed E-state index contributed by atoms with van der Waals surface area (Å²) < 4.78 is 0. The lowest BCUT2D eigenvalue weighted by molar-refractivity contribution is 0.0693. The van der Waals surface area contributed by atoms with Gasteiger partial charge in [-0.25, -0.2) is 0 Å². The molecule has 0 radical (unpaired) electrons. The zero-order valence-electron chi connectivity index (χ0n) is 13.5. The molecule has 0 bridgehead atoms. The Kier molecular flexibility index (Phi) is 4.64. The average molecular weight is 302 g/mol. The highest BCUT2D eigenvalue weighted by Crippen LogP contribution is 2.22. The highest BCUT2D eigenvalue weighted by Gasteiger charge is 2.33. The molecule has 3 amide bonds. The third-order valence-electron chi connectivity index (χ3n) is 3.91. The van der Waals surface area contributed by atoms with Gasteiger partial charge in [0, 0.05) is 18.7 Å². The van der Waals surface area contributed by atoms with Gasteiger partial charge in [-0.1, -0.05) is 13.8 Å². The smallest absolute Gasteiger partial charge is 0.261 e. The molecular weight excluding hydrogens is 280 g/mol. The van der Waals surface area contributed by atoms with E-state index in [1.807, 2.05) is 6.92 Å². The van der Waals surface area contributed by atoms with Crippen LogP contribution in [-0.2, 0) is 0 Å². The molecule has 1 unspecified atom stereocenters. The minimum atomic E-state index is -0.359. The molecule has 1 N–H and O–H groups in total. The van der Waals surface area contributed by atoms with Crippen LogP contribution < -0.4 is 5.32 Å². The summed E-state index contributed by atoms with van der Waals surface area (Å²) in [5.41, 5.74) is 1.07. The number of imide groups is 1. The number of hydrogen-bond acceptors (Lipinski definition) is 3. The first-order valence-corrected chi connectivity index (χ1v) is 7.58. The van der Waals surface area contributed by atoms with Gasteiger partial charge in [0.15, 0.2) is 0 Å². The molecule has 1 aromatic rings. The van der Waals surface area contributed by atoms with Gasteiger partial charge in [-0.2, -0.15) is 0 Å². The van der Waals surface area contributed by atoms with Gasteiger partial charge in [0.1, 0.15) is 0 Å². The molecule has 0 aromatic heterocycles. The molecule has 0 saturated carbocycles. The third-order valence-corrected chi connectivity index (χ3v) is 3.91. The number of fused-ring (bicyclic) bond motifs is 1. The van der Waals surface area contributed by atoms with Crippen LogP contribution in [0, 0.1) is 5.92 Å². The number of hydrogen-bond donors (Lipinski definition) is 1. The number of amides is 3. The molecule has 1 heterocycles. The Hall–Kier alpha value is -2.17. The largest absolute Gasteiger partial charge is 0.350 e. The quantitative estimate of drug-likeness (QED) is 0.850. The van der Waals surface area contributed by atoms with Crippen molar-refractivity contribution in [1.29, 1.82) is 0 Å². The number of benzene rings is 1. The standard InChI is InChI=1S/C17H22N2O3/c1-10(2)5-6-11(3)18-15(20)12-7-8-13-14(9-12)17(22)19(4)16(13)21/h7-11H,5-6H2,1-4H3,(H,18,20). The minimum absolute atomic E-state index is 0.0724. The summed E-state index contributed by atoms with van der Waals surface area (Å²) in [6, 6.07) is 4.72. The van der Waals surface area contributed by atoms with Crippen LogP contribution in [0.25, 0.3) is 0 Å². The molecule has 0 aliphatic carbocycles. The van der Waals surface area contributed by atoms with Crippen molar-refractivity contribution in [2.75, 3.05) is 7.05 Å². The van der Waals surface area contributed by atoms with Gasteiger partial charge in [-0.15, -0.1) is 0 Å². The van der Waals surface area contributed by atoms with Crippen molar-refractivity contribution in [2.45, 2.75) is 39.7 Å². The van der Waals surface area contributed by atoms with E-state index in [2.05, 4.69) is 19.2 Å². The second kappa shape index (κ2) is 6.30. The molecule has 5 heteroatoms. The number of carbonyl (C=O) groups is 3. The predicted molar refractivity (Wildman–Crippen MR) is 83.9 cm³/mol. The summed E-state index contributed by atoms with van der Waals surface area (Å²) in [7, 11) is 1.44. The van der Waals surface area contributed by atoms with Crippen LogP contribution in [0.15, 0.2) is 18.2 Å². The molecule has 5 nitrogen and oxygen atoms in total. The van der Waals surface area contributed by atoms with E-state index in [-0.39, 0.29) is 23.8 Å². The second-order valence-electron chi connectivity index (χ2n) is 6.28. The zero-order chi connectivity index (χ0) is 16.4. The Morgan fingerprint density at radius 1 is 1.09 bits per heavy atom. The van der Waals surface area contributed by atoms with Gasteiger partial charge in [0.05, 0.1) is 11.1 Å². The maximum absolute atomic E-state index is 12.2. The second-order valence-corrected chi connectivity index (χ2v) is 6.28. The zero-order valence-corrected chi connectivity index (χ0v) is 13.5. The van der Waals surface area contributed by atoms with Gasteiger partial charge in [0.25, 0.3) is 17.7 Å². The first kappa shape index (κ1) is 16.2. The summed E-state index contributed by atoms with van der Waals surface area (Å²) in [6.45, 7) is 6.26. The van der Waals surface area contributed by atoms with Crippen molar-refractivity contribution in [3.63, 3.8) is 0 Å². The first-order valence-electron chi connectivity index (χ1n) is 7.58. The Morgan fingerprint density at radius 2 is 1.73 bits per heavy atom. The van der Waals surface area contributed by atoms with Crippen LogP contribution in [0.2, 0.25) is 0 Å². The van der Waals surface area contributed by atoms with E-state index in [4.69, 9.17) is 0 Å². The lowest BCUT2D eigenvalue weighted by Gasteiger charge is -2.15. The molecule has 2 rings (SSSR count). The fourth-order valence-corrected chi connectivity index (χ4v) is 2.47. The van der Waals surface area contributed by atoms with Crippen LogP contribution in [0.5, 0.6) is 0 Å². The van der Waals surface area contributed by atoms with Crippen LogP contribution in [0.3, 0.4) is 0 Å². The number of rotatable bonds is 5. The summed E-state index contributed by atoms with van der Waals surface area (Å²) in [6.07, 6.45) is 1.96. The highest BCUT2D eigenvalue weighted by atomic mass is 16.2. The third kappa shape index (κ3) is 3.18. The summed E-state index contributed by atoms with van der Waals surface area (Å²) in [5.74, 6) is -0.299. The Morgan fingerprint density at radius 3 is 2.36 bits per heavy atom. The van der Waals surface area contributed by atoms with E-state index < -0.39 is 0 Å². The molecule has 0 spiro atoms. The molecule has 1 atom stereocenters. The summed E-state index contributed by atoms with van der Waals surface area (Å²) in [4.78, 5) is 37.1. The van der Waals surface area contributed by atoms with Crippen molar-refractivity contribution in [1.82, 2.24) is 10.2 Å². The van der Waals surface area contributed by atoms with Crippen molar-refractivity contribution in [3.8, 4) is 0 Å². The predicted octanol–water partition coefficient (Wildman–Crippen LogP) is 2.47. The van der Waals surface area contributed by atoms with Crippen LogP contribution >= 0.6 is 0 Å². The van der Waals surface area contributed by atoms with Gasteiger partial charge in [-0.05, 0) is 43.9 Å². The maximum atomic E-state index is 12.2. The van der Waals surface area contributed by atoms with Crippen molar-refractivity contribution < 1.29 is 14.4 Å². The number of nitrogens with zero attached hydrogens (tertiary/aromatic N) is 1. The molecular formula is C17H22N2O3. The molecule has 1 aliphatic heterocycles. The molecule has 1 aliphatic rings. The maximum Gasteiger partial charge on any atom is 0.261 e. The Labute approximate surface area is 130 Å². The summed E-state index contributed by atoms with van der Waals surface area (Å²) >= 11 is 0. The topological polar surface area (TPSA) is 66.5 Å². The Bertz CT molecular complexity index is 622. The average Bonchev–Trinajstić information content (AvgIpc) is 2.69.